The highest BCUT2D eigenvalue weighted by atomic mass is 35.5. The van der Waals surface area contributed by atoms with Gasteiger partial charge in [0.25, 0.3) is 5.91 Å². The quantitative estimate of drug-likeness (QED) is 0.488. The minimum absolute atomic E-state index is 0.0146. The monoisotopic (exact) mass is 439 g/mol. The first-order chi connectivity index (χ1) is 14.9. The van der Waals surface area contributed by atoms with E-state index in [2.05, 4.69) is 16.8 Å². The van der Waals surface area contributed by atoms with E-state index in [0.29, 0.717) is 46.4 Å². The number of ether oxygens (including phenoxy) is 1. The van der Waals surface area contributed by atoms with Crippen LogP contribution in [0.3, 0.4) is 0 Å². The summed E-state index contributed by atoms with van der Waals surface area (Å²) in [6.07, 6.45) is 1.65. The molecule has 0 spiro atoms. The van der Waals surface area contributed by atoms with Crippen LogP contribution in [0.25, 0.3) is 11.3 Å². The number of phenols is 2. The second kappa shape index (κ2) is 8.00. The van der Waals surface area contributed by atoms with Gasteiger partial charge in [-0.15, -0.1) is 6.58 Å². The Morgan fingerprint density at radius 1 is 1.29 bits per heavy atom. The fraction of sp³-hybridized carbons (Fsp3) is 0.217. The van der Waals surface area contributed by atoms with E-state index in [0.717, 1.165) is 11.1 Å². The molecule has 1 atom stereocenters. The molecule has 0 radical (unpaired) electrons. The number of carbonyl (C=O) groups excluding carboxylic acids is 1. The van der Waals surface area contributed by atoms with E-state index < -0.39 is 6.04 Å². The van der Waals surface area contributed by atoms with Crippen molar-refractivity contribution in [2.24, 2.45) is 0 Å². The van der Waals surface area contributed by atoms with Crippen LogP contribution in [0, 0.1) is 6.92 Å². The highest BCUT2D eigenvalue weighted by Gasteiger charge is 2.42. The Labute approximate surface area is 184 Å². The summed E-state index contributed by atoms with van der Waals surface area (Å²) >= 11 is 6.30. The molecule has 160 valence electrons. The van der Waals surface area contributed by atoms with E-state index in [9.17, 15) is 15.0 Å². The lowest BCUT2D eigenvalue weighted by atomic mass is 9.95. The molecule has 0 fully saturated rings. The standard InChI is InChI=1S/C23H22ClN3O4/c1-4-8-27-22(13-6-7-16(28)18(10-13)31-5-2)19-20(25-26-21(19)23(27)30)14-11-15(24)12(3)9-17(14)29/h4,6-7,9-11,22,28-29H,1,5,8H2,2-3H3,(H,25,26). The van der Waals surface area contributed by atoms with E-state index in [-0.39, 0.29) is 17.4 Å². The first-order valence-electron chi connectivity index (χ1n) is 9.82. The molecule has 2 heterocycles. The van der Waals surface area contributed by atoms with Crippen LogP contribution in [0.15, 0.2) is 43.0 Å². The van der Waals surface area contributed by atoms with Crippen molar-refractivity contribution in [3.8, 4) is 28.5 Å². The Balaban J connectivity index is 1.93. The van der Waals surface area contributed by atoms with Gasteiger partial charge in [-0.05, 0) is 49.2 Å². The Hall–Kier alpha value is -3.45. The van der Waals surface area contributed by atoms with Crippen molar-refractivity contribution in [3.63, 3.8) is 0 Å². The summed E-state index contributed by atoms with van der Waals surface area (Å²) in [5, 5.41) is 28.4. The third-order valence-electron chi connectivity index (χ3n) is 5.32. The number of aromatic hydroxyl groups is 2. The number of phenolic OH excluding ortho intramolecular Hbond substituents is 2. The van der Waals surface area contributed by atoms with Gasteiger partial charge in [0.05, 0.1) is 12.6 Å². The lowest BCUT2D eigenvalue weighted by molar-refractivity contribution is 0.0764. The van der Waals surface area contributed by atoms with Crippen molar-refractivity contribution in [1.82, 2.24) is 15.1 Å². The topological polar surface area (TPSA) is 98.7 Å². The number of H-pyrrole nitrogens is 1. The first-order valence-corrected chi connectivity index (χ1v) is 10.2. The molecule has 0 saturated heterocycles. The molecule has 3 aromatic rings. The zero-order valence-electron chi connectivity index (χ0n) is 17.1. The Bertz CT molecular complexity index is 1190. The van der Waals surface area contributed by atoms with Crippen molar-refractivity contribution < 1.29 is 19.7 Å². The van der Waals surface area contributed by atoms with Crippen LogP contribution in [0.4, 0.5) is 0 Å². The highest BCUT2D eigenvalue weighted by Crippen LogP contribution is 2.46. The minimum Gasteiger partial charge on any atom is -0.507 e. The molecule has 1 aliphatic heterocycles. The maximum Gasteiger partial charge on any atom is 0.273 e. The van der Waals surface area contributed by atoms with Gasteiger partial charge in [0.2, 0.25) is 0 Å². The molecule has 7 nitrogen and oxygen atoms in total. The predicted octanol–water partition coefficient (Wildman–Crippen LogP) is 4.58. The molecule has 3 N–H and O–H groups in total. The average molecular weight is 440 g/mol. The van der Waals surface area contributed by atoms with Gasteiger partial charge in [-0.25, -0.2) is 0 Å². The fourth-order valence-corrected chi connectivity index (χ4v) is 4.07. The van der Waals surface area contributed by atoms with E-state index in [4.69, 9.17) is 16.3 Å². The van der Waals surface area contributed by atoms with E-state index >= 15 is 0 Å². The number of benzene rings is 2. The number of halogens is 1. The lowest BCUT2D eigenvalue weighted by Crippen LogP contribution is -2.29. The molecule has 1 aliphatic rings. The number of aromatic nitrogens is 2. The SMILES string of the molecule is C=CCN1C(=O)c2[nH]nc(-c3cc(Cl)c(C)cc3O)c2C1c1ccc(O)c(OCC)c1. The number of carbonyl (C=O) groups is 1. The zero-order valence-corrected chi connectivity index (χ0v) is 17.9. The number of hydrogen-bond acceptors (Lipinski definition) is 5. The van der Waals surface area contributed by atoms with Crippen molar-refractivity contribution in [2.45, 2.75) is 19.9 Å². The van der Waals surface area contributed by atoms with Gasteiger partial charge in [-0.1, -0.05) is 23.7 Å². The van der Waals surface area contributed by atoms with Crippen molar-refractivity contribution in [3.05, 3.63) is 70.4 Å². The molecule has 1 unspecified atom stereocenters. The third kappa shape index (κ3) is 3.41. The first kappa shape index (κ1) is 20.8. The molecular formula is C23H22ClN3O4. The normalized spacial score (nSPS) is 15.3. The summed E-state index contributed by atoms with van der Waals surface area (Å²) < 4.78 is 5.54. The molecule has 0 saturated carbocycles. The highest BCUT2D eigenvalue weighted by molar-refractivity contribution is 6.31. The number of nitrogens with zero attached hydrogens (tertiary/aromatic N) is 2. The van der Waals surface area contributed by atoms with Gasteiger partial charge < -0.3 is 19.8 Å². The molecule has 0 aliphatic carbocycles. The van der Waals surface area contributed by atoms with Crippen LogP contribution >= 0.6 is 11.6 Å². The molecule has 31 heavy (non-hydrogen) atoms. The van der Waals surface area contributed by atoms with Gasteiger partial charge in [0.1, 0.15) is 17.1 Å². The summed E-state index contributed by atoms with van der Waals surface area (Å²) in [4.78, 5) is 14.8. The summed E-state index contributed by atoms with van der Waals surface area (Å²) in [5.41, 5.74) is 3.28. The molecule has 4 rings (SSSR count). The Morgan fingerprint density at radius 2 is 2.06 bits per heavy atom. The Morgan fingerprint density at radius 3 is 2.77 bits per heavy atom. The predicted molar refractivity (Wildman–Crippen MR) is 118 cm³/mol. The zero-order chi connectivity index (χ0) is 22.3. The van der Waals surface area contributed by atoms with Crippen LogP contribution < -0.4 is 4.74 Å². The number of hydrogen-bond donors (Lipinski definition) is 3. The molecule has 2 aromatic carbocycles. The van der Waals surface area contributed by atoms with E-state index in [1.165, 1.54) is 6.07 Å². The second-order valence-electron chi connectivity index (χ2n) is 7.29. The fourth-order valence-electron chi connectivity index (χ4n) is 3.90. The van der Waals surface area contributed by atoms with Crippen LogP contribution in [0.2, 0.25) is 5.02 Å². The summed E-state index contributed by atoms with van der Waals surface area (Å²) in [6.45, 7) is 8.08. The van der Waals surface area contributed by atoms with Crippen molar-refractivity contribution in [2.75, 3.05) is 13.2 Å². The number of aryl methyl sites for hydroxylation is 1. The summed E-state index contributed by atoms with van der Waals surface area (Å²) in [7, 11) is 0. The van der Waals surface area contributed by atoms with Crippen LogP contribution in [-0.4, -0.2) is 44.4 Å². The van der Waals surface area contributed by atoms with Gasteiger partial charge in [-0.2, -0.15) is 5.10 Å². The van der Waals surface area contributed by atoms with Crippen molar-refractivity contribution >= 4 is 17.5 Å². The maximum atomic E-state index is 13.1. The number of fused-ring (bicyclic) bond motifs is 1. The summed E-state index contributed by atoms with van der Waals surface area (Å²) in [6, 6.07) is 7.67. The number of amides is 1. The molecule has 1 aromatic heterocycles. The lowest BCUT2D eigenvalue weighted by Gasteiger charge is -2.25. The molecular weight excluding hydrogens is 418 g/mol. The molecule has 0 bridgehead atoms. The van der Waals surface area contributed by atoms with Crippen LogP contribution in [0.1, 0.15) is 40.1 Å². The van der Waals surface area contributed by atoms with Crippen molar-refractivity contribution in [1.29, 1.82) is 0 Å². The van der Waals surface area contributed by atoms with Gasteiger partial charge >= 0.3 is 0 Å². The summed E-state index contributed by atoms with van der Waals surface area (Å²) in [5.74, 6) is 0.124. The van der Waals surface area contributed by atoms with Crippen LogP contribution in [-0.2, 0) is 0 Å². The molecule has 8 heteroatoms. The maximum absolute atomic E-state index is 13.1. The van der Waals surface area contributed by atoms with Gasteiger partial charge in [-0.3, -0.25) is 9.89 Å². The Kier molecular flexibility index (Phi) is 5.37. The third-order valence-corrected chi connectivity index (χ3v) is 5.73. The van der Waals surface area contributed by atoms with Crippen LogP contribution in [0.5, 0.6) is 17.2 Å². The smallest absolute Gasteiger partial charge is 0.273 e. The molecule has 1 amide bonds. The van der Waals surface area contributed by atoms with Gasteiger partial charge in [0.15, 0.2) is 11.5 Å². The van der Waals surface area contributed by atoms with E-state index in [1.807, 2.05) is 6.92 Å². The largest absolute Gasteiger partial charge is 0.507 e. The average Bonchev–Trinajstić information content (AvgIpc) is 3.27. The number of nitrogens with one attached hydrogen (secondary N) is 1. The van der Waals surface area contributed by atoms with Gasteiger partial charge in [0, 0.05) is 22.7 Å². The number of aromatic amines is 1. The second-order valence-corrected chi connectivity index (χ2v) is 7.70. The number of rotatable bonds is 6. The van der Waals surface area contributed by atoms with E-state index in [1.54, 1.807) is 42.2 Å². The minimum atomic E-state index is -0.520.